The molecule has 7 heteroatoms. The lowest BCUT2D eigenvalue weighted by Crippen LogP contribution is -2.26. The molecule has 7 nitrogen and oxygen atoms in total. The molecular weight excluding hydrogens is 252 g/mol. The topological polar surface area (TPSA) is 136 Å². The van der Waals surface area contributed by atoms with E-state index in [9.17, 15) is 19.8 Å². The molecule has 2 atom stereocenters. The zero-order valence-electron chi connectivity index (χ0n) is 10.4. The maximum absolute atomic E-state index is 11.4. The lowest BCUT2D eigenvalue weighted by molar-refractivity contribution is -0.121. The van der Waals surface area contributed by atoms with Crippen molar-refractivity contribution >= 4 is 17.6 Å². The van der Waals surface area contributed by atoms with E-state index >= 15 is 0 Å². The van der Waals surface area contributed by atoms with Gasteiger partial charge < -0.3 is 26.4 Å². The molecule has 0 aliphatic heterocycles. The number of amides is 1. The van der Waals surface area contributed by atoms with Crippen LogP contribution in [-0.4, -0.2) is 35.3 Å². The Morgan fingerprint density at radius 3 is 2.53 bits per heavy atom. The molecule has 0 spiro atoms. The van der Waals surface area contributed by atoms with Gasteiger partial charge in [-0.1, -0.05) is 0 Å². The molecule has 0 aliphatic carbocycles. The Bertz CT molecular complexity index is 489. The summed E-state index contributed by atoms with van der Waals surface area (Å²) in [5.74, 6) is -1.35. The highest BCUT2D eigenvalue weighted by atomic mass is 16.5. The van der Waals surface area contributed by atoms with Crippen molar-refractivity contribution < 1.29 is 24.5 Å². The second-order valence-electron chi connectivity index (χ2n) is 4.02. The van der Waals surface area contributed by atoms with Crippen molar-refractivity contribution in [2.75, 3.05) is 12.8 Å². The number of ether oxygens (including phenoxy) is 1. The summed E-state index contributed by atoms with van der Waals surface area (Å²) in [7, 11) is 1.22. The maximum Gasteiger partial charge on any atom is 0.337 e. The zero-order chi connectivity index (χ0) is 14.6. The number of benzene rings is 1. The van der Waals surface area contributed by atoms with Crippen LogP contribution in [0.3, 0.4) is 0 Å². The van der Waals surface area contributed by atoms with Gasteiger partial charge in [-0.15, -0.1) is 0 Å². The monoisotopic (exact) mass is 268 g/mol. The predicted molar refractivity (Wildman–Crippen MR) is 67.0 cm³/mol. The molecule has 0 saturated heterocycles. The molecule has 0 bridgehead atoms. The van der Waals surface area contributed by atoms with Crippen LogP contribution in [0.15, 0.2) is 18.2 Å². The first kappa shape index (κ1) is 14.9. The van der Waals surface area contributed by atoms with Crippen LogP contribution in [0, 0.1) is 0 Å². The van der Waals surface area contributed by atoms with E-state index in [2.05, 4.69) is 4.74 Å². The number of aliphatic hydroxyl groups is 2. The highest BCUT2D eigenvalue weighted by Gasteiger charge is 2.23. The summed E-state index contributed by atoms with van der Waals surface area (Å²) in [5, 5.41) is 19.5. The lowest BCUT2D eigenvalue weighted by Gasteiger charge is -2.19. The first-order valence-electron chi connectivity index (χ1n) is 5.49. The number of nitrogens with two attached hydrogens (primary N) is 2. The number of hydrogen-bond donors (Lipinski definition) is 4. The number of methoxy groups -OCH3 is 1. The summed E-state index contributed by atoms with van der Waals surface area (Å²) >= 11 is 0. The normalized spacial score (nSPS) is 13.6. The fraction of sp³-hybridized carbons (Fsp3) is 0.333. The van der Waals surface area contributed by atoms with Gasteiger partial charge in [0, 0.05) is 11.3 Å². The third kappa shape index (κ3) is 3.67. The molecule has 104 valence electrons. The highest BCUT2D eigenvalue weighted by Crippen LogP contribution is 2.26. The van der Waals surface area contributed by atoms with Crippen molar-refractivity contribution in [1.82, 2.24) is 0 Å². The van der Waals surface area contributed by atoms with Crippen LogP contribution < -0.4 is 11.5 Å². The van der Waals surface area contributed by atoms with E-state index in [4.69, 9.17) is 11.5 Å². The molecule has 0 saturated carbocycles. The fourth-order valence-corrected chi connectivity index (χ4v) is 1.60. The van der Waals surface area contributed by atoms with E-state index in [0.717, 1.165) is 0 Å². The molecule has 0 heterocycles. The van der Waals surface area contributed by atoms with Crippen LogP contribution >= 0.6 is 0 Å². The van der Waals surface area contributed by atoms with E-state index in [1.165, 1.54) is 25.3 Å². The van der Waals surface area contributed by atoms with Crippen molar-refractivity contribution in [1.29, 1.82) is 0 Å². The van der Waals surface area contributed by atoms with Crippen LogP contribution in [0.4, 0.5) is 5.69 Å². The van der Waals surface area contributed by atoms with Crippen LogP contribution in [0.2, 0.25) is 0 Å². The molecule has 0 radical (unpaired) electrons. The van der Waals surface area contributed by atoms with Crippen molar-refractivity contribution in [3.05, 3.63) is 29.3 Å². The second-order valence-corrected chi connectivity index (χ2v) is 4.02. The zero-order valence-corrected chi connectivity index (χ0v) is 10.4. The molecule has 19 heavy (non-hydrogen) atoms. The summed E-state index contributed by atoms with van der Waals surface area (Å²) in [6, 6.07) is 4.13. The Balaban J connectivity index is 3.04. The fourth-order valence-electron chi connectivity index (χ4n) is 1.60. The number of aliphatic hydroxyl groups excluding tert-OH is 2. The number of esters is 1. The summed E-state index contributed by atoms with van der Waals surface area (Å²) in [6.07, 6.45) is -3.23. The molecule has 2 unspecified atom stereocenters. The molecule has 1 rings (SSSR count). The quantitative estimate of drug-likeness (QED) is 0.413. The Hall–Kier alpha value is -2.12. The van der Waals surface area contributed by atoms with Crippen LogP contribution in [-0.2, 0) is 9.53 Å². The van der Waals surface area contributed by atoms with E-state index in [1.54, 1.807) is 0 Å². The Morgan fingerprint density at radius 1 is 1.37 bits per heavy atom. The Morgan fingerprint density at radius 2 is 2.00 bits per heavy atom. The minimum atomic E-state index is -1.42. The van der Waals surface area contributed by atoms with Crippen LogP contribution in [0.1, 0.15) is 28.4 Å². The molecule has 1 aromatic carbocycles. The molecule has 0 aromatic heterocycles. The first-order chi connectivity index (χ1) is 8.86. The SMILES string of the molecule is COC(=O)c1ccc(N)c(C(O)C(O)CC(N)=O)c1. The van der Waals surface area contributed by atoms with Gasteiger partial charge in [0.2, 0.25) is 5.91 Å². The van der Waals surface area contributed by atoms with Crippen molar-refractivity contribution in [2.24, 2.45) is 5.73 Å². The van der Waals surface area contributed by atoms with Gasteiger partial charge in [-0.05, 0) is 18.2 Å². The standard InChI is InChI=1S/C12H16N2O5/c1-19-12(18)6-2-3-8(13)7(4-6)11(17)9(15)5-10(14)16/h2-4,9,11,15,17H,5,13H2,1H3,(H2,14,16). The molecular formula is C12H16N2O5. The van der Waals surface area contributed by atoms with Crippen molar-refractivity contribution in [3.8, 4) is 0 Å². The number of rotatable bonds is 5. The number of nitrogen functional groups attached to an aromatic ring is 1. The van der Waals surface area contributed by atoms with Crippen LogP contribution in [0.25, 0.3) is 0 Å². The van der Waals surface area contributed by atoms with Gasteiger partial charge in [0.25, 0.3) is 0 Å². The Kier molecular flexibility index (Phi) is 4.85. The number of hydrogen-bond acceptors (Lipinski definition) is 6. The summed E-state index contributed by atoms with van der Waals surface area (Å²) < 4.78 is 4.54. The third-order valence-corrected chi connectivity index (χ3v) is 2.60. The highest BCUT2D eigenvalue weighted by molar-refractivity contribution is 5.90. The molecule has 0 aliphatic rings. The molecule has 0 fully saturated rings. The van der Waals surface area contributed by atoms with Gasteiger partial charge in [0.05, 0.1) is 25.2 Å². The largest absolute Gasteiger partial charge is 0.465 e. The van der Waals surface area contributed by atoms with Crippen molar-refractivity contribution in [3.63, 3.8) is 0 Å². The lowest BCUT2D eigenvalue weighted by atomic mass is 9.98. The van der Waals surface area contributed by atoms with Gasteiger partial charge in [0.1, 0.15) is 6.10 Å². The van der Waals surface area contributed by atoms with Gasteiger partial charge in [-0.3, -0.25) is 4.79 Å². The molecule has 1 aromatic rings. The number of anilines is 1. The van der Waals surface area contributed by atoms with Crippen LogP contribution in [0.5, 0.6) is 0 Å². The summed E-state index contributed by atoms with van der Waals surface area (Å²) in [6.45, 7) is 0. The third-order valence-electron chi connectivity index (χ3n) is 2.60. The van der Waals surface area contributed by atoms with E-state index in [-0.39, 0.29) is 16.8 Å². The van der Waals surface area contributed by atoms with Gasteiger partial charge in [0.15, 0.2) is 0 Å². The average molecular weight is 268 g/mol. The Labute approximate surface area is 109 Å². The van der Waals surface area contributed by atoms with Gasteiger partial charge in [-0.25, -0.2) is 4.79 Å². The number of carbonyl (C=O) groups is 2. The average Bonchev–Trinajstić information content (AvgIpc) is 2.36. The minimum absolute atomic E-state index is 0.136. The van der Waals surface area contributed by atoms with Gasteiger partial charge in [-0.2, -0.15) is 0 Å². The van der Waals surface area contributed by atoms with E-state index in [1.807, 2.05) is 0 Å². The summed E-state index contributed by atoms with van der Waals surface area (Å²) in [5.41, 5.74) is 11.1. The molecule has 6 N–H and O–H groups in total. The minimum Gasteiger partial charge on any atom is -0.465 e. The number of carbonyl (C=O) groups excluding carboxylic acids is 2. The molecule has 1 amide bonds. The van der Waals surface area contributed by atoms with Crippen molar-refractivity contribution in [2.45, 2.75) is 18.6 Å². The second kappa shape index (κ2) is 6.17. The van der Waals surface area contributed by atoms with E-state index < -0.39 is 30.5 Å². The maximum atomic E-state index is 11.4. The van der Waals surface area contributed by atoms with Gasteiger partial charge >= 0.3 is 5.97 Å². The van der Waals surface area contributed by atoms with E-state index in [0.29, 0.717) is 0 Å². The summed E-state index contributed by atoms with van der Waals surface area (Å²) in [4.78, 5) is 22.1. The smallest absolute Gasteiger partial charge is 0.337 e. The predicted octanol–water partition coefficient (Wildman–Crippen LogP) is -0.675. The first-order valence-corrected chi connectivity index (χ1v) is 5.49. The number of primary amides is 1.